The first-order chi connectivity index (χ1) is 15.0. The largest absolute Gasteiger partial charge is 0.464 e. The highest BCUT2D eigenvalue weighted by atomic mass is 35.5. The first-order valence-electron chi connectivity index (χ1n) is 9.99. The van der Waals surface area contributed by atoms with Crippen molar-refractivity contribution in [3.8, 4) is 0 Å². The topological polar surface area (TPSA) is 53.8 Å². The third kappa shape index (κ3) is 6.33. The van der Waals surface area contributed by atoms with E-state index in [0.717, 1.165) is 11.3 Å². The van der Waals surface area contributed by atoms with E-state index in [4.69, 9.17) is 16.0 Å². The Bertz CT molecular complexity index is 1050. The number of hydrogen-bond donors (Lipinski definition) is 0. The predicted octanol–water partition coefficient (Wildman–Crippen LogP) is 5.10. The molecule has 1 heterocycles. The van der Waals surface area contributed by atoms with Crippen LogP contribution in [0, 0.1) is 6.92 Å². The Morgan fingerprint density at radius 2 is 1.77 bits per heavy atom. The average Bonchev–Trinajstić information content (AvgIpc) is 3.17. The molecule has 2 amide bonds. The number of carbonyl (C=O) groups is 2. The number of halogens is 1. The maximum absolute atomic E-state index is 13.3. The maximum Gasteiger partial charge on any atom is 0.254 e. The molecule has 0 N–H and O–H groups in total. The van der Waals surface area contributed by atoms with Gasteiger partial charge < -0.3 is 14.2 Å². The highest BCUT2D eigenvalue weighted by Gasteiger charge is 2.23. The van der Waals surface area contributed by atoms with Crippen molar-refractivity contribution in [2.75, 3.05) is 13.1 Å². The summed E-state index contributed by atoms with van der Waals surface area (Å²) in [7, 11) is 0. The number of rotatable bonds is 9. The summed E-state index contributed by atoms with van der Waals surface area (Å²) in [5.41, 5.74) is 1.42. The van der Waals surface area contributed by atoms with Gasteiger partial charge in [0, 0.05) is 23.7 Å². The molecule has 0 atom stereocenters. The van der Waals surface area contributed by atoms with Gasteiger partial charge in [0.15, 0.2) is 0 Å². The van der Waals surface area contributed by atoms with Crippen LogP contribution >= 0.6 is 11.6 Å². The Balaban J connectivity index is 1.80. The van der Waals surface area contributed by atoms with Gasteiger partial charge in [-0.05, 0) is 42.8 Å². The van der Waals surface area contributed by atoms with Crippen molar-refractivity contribution in [1.82, 2.24) is 9.80 Å². The van der Waals surface area contributed by atoms with Crippen molar-refractivity contribution >= 4 is 23.4 Å². The van der Waals surface area contributed by atoms with E-state index in [1.165, 1.54) is 4.90 Å². The van der Waals surface area contributed by atoms with E-state index in [1.54, 1.807) is 35.2 Å². The lowest BCUT2D eigenvalue weighted by Crippen LogP contribution is -2.42. The Hall–Kier alpha value is -3.31. The van der Waals surface area contributed by atoms with E-state index >= 15 is 0 Å². The van der Waals surface area contributed by atoms with E-state index in [1.807, 2.05) is 49.4 Å². The van der Waals surface area contributed by atoms with Gasteiger partial charge in [-0.15, -0.1) is 6.58 Å². The zero-order chi connectivity index (χ0) is 22.2. The Labute approximate surface area is 187 Å². The molecule has 0 aliphatic carbocycles. The molecule has 160 valence electrons. The smallest absolute Gasteiger partial charge is 0.254 e. The van der Waals surface area contributed by atoms with E-state index in [2.05, 4.69) is 6.58 Å². The Morgan fingerprint density at radius 3 is 2.42 bits per heavy atom. The Morgan fingerprint density at radius 1 is 1.00 bits per heavy atom. The molecule has 1 aromatic heterocycles. The predicted molar refractivity (Wildman–Crippen MR) is 122 cm³/mol. The van der Waals surface area contributed by atoms with Crippen molar-refractivity contribution < 1.29 is 14.0 Å². The van der Waals surface area contributed by atoms with Gasteiger partial charge in [-0.2, -0.15) is 0 Å². The van der Waals surface area contributed by atoms with Crippen molar-refractivity contribution in [3.63, 3.8) is 0 Å². The lowest BCUT2D eigenvalue weighted by Gasteiger charge is -2.27. The second-order valence-corrected chi connectivity index (χ2v) is 7.67. The minimum atomic E-state index is -0.274. The number of amides is 2. The van der Waals surface area contributed by atoms with Crippen LogP contribution in [-0.4, -0.2) is 34.7 Å². The monoisotopic (exact) mass is 436 g/mol. The van der Waals surface area contributed by atoms with Gasteiger partial charge in [0.2, 0.25) is 5.91 Å². The highest BCUT2D eigenvalue weighted by molar-refractivity contribution is 6.31. The van der Waals surface area contributed by atoms with Crippen LogP contribution in [0.25, 0.3) is 0 Å². The molecule has 3 aromatic rings. The molecule has 0 unspecified atom stereocenters. The molecule has 0 saturated carbocycles. The van der Waals surface area contributed by atoms with Crippen molar-refractivity contribution in [2.24, 2.45) is 0 Å². The number of hydrogen-bond acceptors (Lipinski definition) is 3. The zero-order valence-electron chi connectivity index (χ0n) is 17.5. The molecule has 6 heteroatoms. The lowest BCUT2D eigenvalue weighted by molar-refractivity contribution is -0.133. The molecule has 0 aliphatic rings. The fourth-order valence-corrected chi connectivity index (χ4v) is 3.43. The summed E-state index contributed by atoms with van der Waals surface area (Å²) in [5.74, 6) is 1.02. The molecule has 0 spiro atoms. The molecule has 0 saturated heterocycles. The molecule has 0 fully saturated rings. The van der Waals surface area contributed by atoms with Crippen LogP contribution in [-0.2, 0) is 17.9 Å². The molecule has 0 bridgehead atoms. The van der Waals surface area contributed by atoms with E-state index in [9.17, 15) is 9.59 Å². The van der Waals surface area contributed by atoms with Gasteiger partial charge in [0.05, 0.1) is 6.54 Å². The highest BCUT2D eigenvalue weighted by Crippen LogP contribution is 2.16. The normalized spacial score (nSPS) is 10.5. The molecular weight excluding hydrogens is 412 g/mol. The van der Waals surface area contributed by atoms with Crippen LogP contribution in [0.1, 0.15) is 27.4 Å². The van der Waals surface area contributed by atoms with Gasteiger partial charge in [0.1, 0.15) is 18.1 Å². The molecule has 5 nitrogen and oxygen atoms in total. The van der Waals surface area contributed by atoms with Crippen LogP contribution in [0.15, 0.2) is 83.8 Å². The first kappa shape index (κ1) is 22.4. The fraction of sp³-hybridized carbons (Fsp3) is 0.200. The van der Waals surface area contributed by atoms with E-state index < -0.39 is 0 Å². The quantitative estimate of drug-likeness (QED) is 0.438. The standard InChI is InChI=1S/C25H25ClN2O3/c1-3-14-27(25(30)21-10-7-11-22(26)15-21)18-24(29)28(16-20-8-5-4-6-9-20)17-23-13-12-19(2)31-23/h3-13,15H,1,14,16-18H2,2H3. The van der Waals surface area contributed by atoms with Gasteiger partial charge in [-0.1, -0.05) is 54.1 Å². The number of aryl methyl sites for hydroxylation is 1. The average molecular weight is 437 g/mol. The Kier molecular flexibility index (Phi) is 7.68. The number of furan rings is 1. The minimum Gasteiger partial charge on any atom is -0.464 e. The van der Waals surface area contributed by atoms with Gasteiger partial charge in [-0.3, -0.25) is 9.59 Å². The molecule has 0 aliphatic heterocycles. The summed E-state index contributed by atoms with van der Waals surface area (Å²) in [4.78, 5) is 29.4. The fourth-order valence-electron chi connectivity index (χ4n) is 3.24. The van der Waals surface area contributed by atoms with Crippen LogP contribution in [0.4, 0.5) is 0 Å². The van der Waals surface area contributed by atoms with Crippen LogP contribution in [0.3, 0.4) is 0 Å². The molecule has 31 heavy (non-hydrogen) atoms. The molecular formula is C25H25ClN2O3. The van der Waals surface area contributed by atoms with Crippen LogP contribution < -0.4 is 0 Å². The third-order valence-corrected chi connectivity index (χ3v) is 4.98. The van der Waals surface area contributed by atoms with E-state index in [-0.39, 0.29) is 24.9 Å². The summed E-state index contributed by atoms with van der Waals surface area (Å²) in [6.45, 7) is 6.48. The summed E-state index contributed by atoms with van der Waals surface area (Å²) in [5, 5.41) is 0.467. The second-order valence-electron chi connectivity index (χ2n) is 7.23. The number of nitrogens with zero attached hydrogens (tertiary/aromatic N) is 2. The summed E-state index contributed by atoms with van der Waals surface area (Å²) < 4.78 is 5.68. The maximum atomic E-state index is 13.3. The molecule has 0 radical (unpaired) electrons. The van der Waals surface area contributed by atoms with Gasteiger partial charge in [-0.25, -0.2) is 0 Å². The van der Waals surface area contributed by atoms with Crippen molar-refractivity contribution in [3.05, 3.63) is 107 Å². The third-order valence-electron chi connectivity index (χ3n) is 4.75. The van der Waals surface area contributed by atoms with Crippen LogP contribution in [0.2, 0.25) is 5.02 Å². The van der Waals surface area contributed by atoms with Crippen molar-refractivity contribution in [2.45, 2.75) is 20.0 Å². The molecule has 2 aromatic carbocycles. The minimum absolute atomic E-state index is 0.0795. The lowest BCUT2D eigenvalue weighted by atomic mass is 10.2. The zero-order valence-corrected chi connectivity index (χ0v) is 18.2. The number of carbonyl (C=O) groups excluding carboxylic acids is 2. The summed E-state index contributed by atoms with van der Waals surface area (Å²) >= 11 is 6.03. The summed E-state index contributed by atoms with van der Waals surface area (Å²) in [6.07, 6.45) is 1.60. The van der Waals surface area contributed by atoms with Crippen molar-refractivity contribution in [1.29, 1.82) is 0 Å². The van der Waals surface area contributed by atoms with E-state index in [0.29, 0.717) is 29.4 Å². The second kappa shape index (κ2) is 10.6. The molecule has 3 rings (SSSR count). The SMILES string of the molecule is C=CCN(CC(=O)N(Cc1ccccc1)Cc1ccc(C)o1)C(=O)c1cccc(Cl)c1. The summed E-state index contributed by atoms with van der Waals surface area (Å²) in [6, 6.07) is 20.1. The van der Waals surface area contributed by atoms with Crippen LogP contribution in [0.5, 0.6) is 0 Å². The first-order valence-corrected chi connectivity index (χ1v) is 10.4. The number of benzene rings is 2. The van der Waals surface area contributed by atoms with Gasteiger partial charge >= 0.3 is 0 Å². The van der Waals surface area contributed by atoms with Gasteiger partial charge in [0.25, 0.3) is 5.91 Å².